The fraction of sp³-hybridized carbons (Fsp3) is 0. The molecule has 0 saturated carbocycles. The van der Waals surface area contributed by atoms with Crippen LogP contribution in [-0.4, -0.2) is 23.2 Å². The normalized spacial score (nSPS) is 11.0. The number of rotatable bonds is 5. The van der Waals surface area contributed by atoms with E-state index in [0.29, 0.717) is 11.1 Å². The molecule has 3 N–H and O–H groups in total. The minimum absolute atomic E-state index is 0.362. The van der Waals surface area contributed by atoms with E-state index in [1.807, 2.05) is 11.4 Å². The molecule has 0 unspecified atom stereocenters. The first-order valence-electron chi connectivity index (χ1n) is 6.38. The van der Waals surface area contributed by atoms with Crippen molar-refractivity contribution in [2.75, 3.05) is 0 Å². The number of halogens is 1. The number of nitrogens with one attached hydrogen (secondary N) is 2. The van der Waals surface area contributed by atoms with Crippen LogP contribution < -0.4 is 10.9 Å². The number of carbonyl (C=O) groups is 2. The molecule has 2 aromatic rings. The van der Waals surface area contributed by atoms with Gasteiger partial charge in [0.15, 0.2) is 0 Å². The van der Waals surface area contributed by atoms with Crippen LogP contribution in [0.2, 0.25) is 0 Å². The van der Waals surface area contributed by atoms with Gasteiger partial charge in [0.2, 0.25) is 0 Å². The highest BCUT2D eigenvalue weighted by molar-refractivity contribution is 9.10. The van der Waals surface area contributed by atoms with Gasteiger partial charge in [-0.05, 0) is 45.8 Å². The Morgan fingerprint density at radius 2 is 2.13 bits per heavy atom. The predicted molar refractivity (Wildman–Crippen MR) is 92.5 cm³/mol. The first kappa shape index (κ1) is 17.1. The molecule has 0 saturated heterocycles. The molecule has 0 aliphatic carbocycles. The van der Waals surface area contributed by atoms with Crippen molar-refractivity contribution < 1.29 is 14.8 Å². The molecular formula is C15H12BrN3O3S. The number of nitrogens with zero attached hydrogens (tertiary/aromatic N) is 1. The Balaban J connectivity index is 2.00. The molecule has 0 atom stereocenters. The van der Waals surface area contributed by atoms with E-state index in [2.05, 4.69) is 26.5 Å². The summed E-state index contributed by atoms with van der Waals surface area (Å²) in [7, 11) is 0. The lowest BCUT2D eigenvalue weighted by molar-refractivity contribution is -0.124. The number of hydrogen-bond donors (Lipinski definition) is 3. The zero-order chi connectivity index (χ0) is 16.7. The molecule has 0 radical (unpaired) electrons. The van der Waals surface area contributed by atoms with Crippen LogP contribution in [0.5, 0.6) is 0 Å². The van der Waals surface area contributed by atoms with Crippen LogP contribution in [0.3, 0.4) is 0 Å². The third kappa shape index (κ3) is 5.44. The van der Waals surface area contributed by atoms with Gasteiger partial charge in [0.05, 0.1) is 6.21 Å². The monoisotopic (exact) mass is 393 g/mol. The highest BCUT2D eigenvalue weighted by Crippen LogP contribution is 2.17. The topological polar surface area (TPSA) is 90.8 Å². The second kappa shape index (κ2) is 8.37. The molecule has 2 rings (SSSR count). The summed E-state index contributed by atoms with van der Waals surface area (Å²) in [6.07, 6.45) is 4.20. The minimum atomic E-state index is -0.647. The summed E-state index contributed by atoms with van der Waals surface area (Å²) in [5.41, 5.74) is 4.98. The maximum Gasteiger partial charge on any atom is 0.271 e. The molecule has 118 valence electrons. The third-order valence-electron chi connectivity index (χ3n) is 2.63. The average Bonchev–Trinajstić information content (AvgIpc) is 2.98. The highest BCUT2D eigenvalue weighted by Gasteiger charge is 2.04. The first-order valence-corrected chi connectivity index (χ1v) is 8.05. The van der Waals surface area contributed by atoms with Gasteiger partial charge in [0, 0.05) is 26.4 Å². The lowest BCUT2D eigenvalue weighted by Gasteiger charge is -2.01. The summed E-state index contributed by atoms with van der Waals surface area (Å²) in [4.78, 5) is 23.9. The van der Waals surface area contributed by atoms with Crippen molar-refractivity contribution in [3.63, 3.8) is 0 Å². The summed E-state index contributed by atoms with van der Waals surface area (Å²) in [5.74, 6) is -1.01. The van der Waals surface area contributed by atoms with Crippen LogP contribution in [-0.2, 0) is 4.79 Å². The maximum atomic E-state index is 12.0. The van der Waals surface area contributed by atoms with E-state index in [9.17, 15) is 9.59 Å². The van der Waals surface area contributed by atoms with Crippen LogP contribution >= 0.6 is 27.3 Å². The zero-order valence-corrected chi connectivity index (χ0v) is 14.1. The molecule has 1 aromatic heterocycles. The number of thiophene rings is 1. The second-order valence-corrected chi connectivity index (χ2v) is 6.16. The van der Waals surface area contributed by atoms with Crippen LogP contribution in [0, 0.1) is 0 Å². The van der Waals surface area contributed by atoms with Crippen molar-refractivity contribution in [3.8, 4) is 0 Å². The van der Waals surface area contributed by atoms with Crippen molar-refractivity contribution in [1.82, 2.24) is 10.9 Å². The van der Waals surface area contributed by atoms with E-state index in [4.69, 9.17) is 5.21 Å². The Morgan fingerprint density at radius 1 is 1.30 bits per heavy atom. The molecule has 0 spiro atoms. The molecule has 6 nitrogen and oxygen atoms in total. The number of amides is 2. The Hall–Kier alpha value is -2.29. The van der Waals surface area contributed by atoms with Gasteiger partial charge < -0.3 is 0 Å². The van der Waals surface area contributed by atoms with E-state index in [-0.39, 0.29) is 5.91 Å². The van der Waals surface area contributed by atoms with E-state index in [0.717, 1.165) is 15.4 Å². The second-order valence-electron chi connectivity index (χ2n) is 4.30. The summed E-state index contributed by atoms with van der Waals surface area (Å²) in [5, 5.41) is 14.2. The van der Waals surface area contributed by atoms with Gasteiger partial charge in [-0.1, -0.05) is 12.1 Å². The fourth-order valence-corrected chi connectivity index (χ4v) is 2.91. The summed E-state index contributed by atoms with van der Waals surface area (Å²) >= 11 is 4.83. The van der Waals surface area contributed by atoms with Gasteiger partial charge >= 0.3 is 0 Å². The van der Waals surface area contributed by atoms with Gasteiger partial charge in [-0.15, -0.1) is 11.3 Å². The van der Waals surface area contributed by atoms with Crippen molar-refractivity contribution in [1.29, 1.82) is 0 Å². The number of hydrazone groups is 1. The summed E-state index contributed by atoms with van der Waals surface area (Å²) in [6, 6.07) is 8.54. The maximum absolute atomic E-state index is 12.0. The largest absolute Gasteiger partial charge is 0.288 e. The van der Waals surface area contributed by atoms with Gasteiger partial charge in [-0.2, -0.15) is 5.10 Å². The molecule has 2 amide bonds. The van der Waals surface area contributed by atoms with Crippen molar-refractivity contribution in [2.45, 2.75) is 0 Å². The number of hydroxylamine groups is 1. The van der Waals surface area contributed by atoms with Crippen molar-refractivity contribution in [2.24, 2.45) is 5.10 Å². The lowest BCUT2D eigenvalue weighted by atomic mass is 10.1. The SMILES string of the molecule is O=C(/C=C/c1cccc(C(=O)N/N=C/c2cc(Br)cs2)c1)NO. The smallest absolute Gasteiger partial charge is 0.271 e. The van der Waals surface area contributed by atoms with E-state index < -0.39 is 5.91 Å². The molecule has 1 aromatic carbocycles. The zero-order valence-electron chi connectivity index (χ0n) is 11.7. The molecule has 0 bridgehead atoms. The molecule has 1 heterocycles. The van der Waals surface area contributed by atoms with Gasteiger partial charge in [0.1, 0.15) is 0 Å². The first-order chi connectivity index (χ1) is 11.1. The standard InChI is InChI=1S/C15H12BrN3O3S/c16-12-7-13(23-9-12)8-17-18-15(21)11-3-1-2-10(6-11)4-5-14(20)19-22/h1-9,22H,(H,18,21)(H,19,20)/b5-4+,17-8+. The van der Waals surface area contributed by atoms with Crippen LogP contribution in [0.25, 0.3) is 6.08 Å². The summed E-state index contributed by atoms with van der Waals surface area (Å²) < 4.78 is 0.960. The Morgan fingerprint density at radius 3 is 2.83 bits per heavy atom. The quantitative estimate of drug-likeness (QED) is 0.315. The summed E-state index contributed by atoms with van der Waals surface area (Å²) in [6.45, 7) is 0. The molecule has 8 heteroatoms. The molecule has 23 heavy (non-hydrogen) atoms. The Kier molecular flexibility index (Phi) is 6.21. The Bertz CT molecular complexity index is 771. The van der Waals surface area contributed by atoms with E-state index in [1.165, 1.54) is 22.9 Å². The molecule has 0 aliphatic rings. The number of hydrogen-bond acceptors (Lipinski definition) is 5. The minimum Gasteiger partial charge on any atom is -0.288 e. The predicted octanol–water partition coefficient (Wildman–Crippen LogP) is 2.79. The number of benzene rings is 1. The average molecular weight is 394 g/mol. The Labute approximate surface area is 144 Å². The lowest BCUT2D eigenvalue weighted by Crippen LogP contribution is -2.17. The van der Waals surface area contributed by atoms with Crippen LogP contribution in [0.4, 0.5) is 0 Å². The van der Waals surface area contributed by atoms with Crippen LogP contribution in [0.15, 0.2) is 51.4 Å². The van der Waals surface area contributed by atoms with Gasteiger partial charge in [0.25, 0.3) is 11.8 Å². The van der Waals surface area contributed by atoms with E-state index in [1.54, 1.807) is 30.5 Å². The molecular weight excluding hydrogens is 382 g/mol. The number of carbonyl (C=O) groups excluding carboxylic acids is 2. The highest BCUT2D eigenvalue weighted by atomic mass is 79.9. The van der Waals surface area contributed by atoms with Gasteiger partial charge in [-0.3, -0.25) is 14.8 Å². The molecule has 0 fully saturated rings. The van der Waals surface area contributed by atoms with Crippen LogP contribution in [0.1, 0.15) is 20.8 Å². The van der Waals surface area contributed by atoms with E-state index >= 15 is 0 Å². The van der Waals surface area contributed by atoms with Gasteiger partial charge in [-0.25, -0.2) is 10.9 Å². The fourth-order valence-electron chi connectivity index (χ4n) is 1.61. The molecule has 0 aliphatic heterocycles. The van der Waals surface area contributed by atoms with Crippen molar-refractivity contribution in [3.05, 3.63) is 62.3 Å². The van der Waals surface area contributed by atoms with Crippen molar-refractivity contribution >= 4 is 51.4 Å². The third-order valence-corrected chi connectivity index (χ3v) is 4.26.